The van der Waals surface area contributed by atoms with Gasteiger partial charge < -0.3 is 0 Å². The summed E-state index contributed by atoms with van der Waals surface area (Å²) in [4.78, 5) is 0. The smallest absolute Gasteiger partial charge is 0.0306 e. The molecule has 66 valence electrons. The maximum absolute atomic E-state index is 2.43. The average molecular weight is 154 g/mol. The summed E-state index contributed by atoms with van der Waals surface area (Å²) in [5.41, 5.74) is 0.605. The quantitative estimate of drug-likeness (QED) is 0.581. The number of hydrogen-bond acceptors (Lipinski definition) is 0. The first-order valence-electron chi connectivity index (χ1n) is 5.00. The highest BCUT2D eigenvalue weighted by Crippen LogP contribution is 2.57. The first-order valence-corrected chi connectivity index (χ1v) is 5.00. The van der Waals surface area contributed by atoms with E-state index in [0.717, 1.165) is 17.8 Å². The van der Waals surface area contributed by atoms with Crippen molar-refractivity contribution in [3.63, 3.8) is 0 Å². The molecule has 0 aromatic heterocycles. The zero-order valence-electron chi connectivity index (χ0n) is 8.65. The van der Waals surface area contributed by atoms with E-state index in [4.69, 9.17) is 0 Å². The third kappa shape index (κ3) is 1.60. The molecule has 0 spiro atoms. The molecule has 2 unspecified atom stereocenters. The Balaban J connectivity index is 2.46. The van der Waals surface area contributed by atoms with Gasteiger partial charge in [0, 0.05) is 0 Å². The number of rotatable bonds is 3. The van der Waals surface area contributed by atoms with Gasteiger partial charge in [-0.15, -0.1) is 0 Å². The highest BCUT2D eigenvalue weighted by Gasteiger charge is 2.50. The lowest BCUT2D eigenvalue weighted by atomic mass is 9.81. The first-order chi connectivity index (χ1) is 5.00. The molecule has 2 atom stereocenters. The summed E-state index contributed by atoms with van der Waals surface area (Å²) < 4.78 is 0. The van der Waals surface area contributed by atoms with E-state index in [9.17, 15) is 0 Å². The molecule has 0 bridgehead atoms. The van der Waals surface area contributed by atoms with Gasteiger partial charge in [0.25, 0.3) is 0 Å². The Morgan fingerprint density at radius 2 is 1.55 bits per heavy atom. The van der Waals surface area contributed by atoms with Crippen molar-refractivity contribution >= 4 is 0 Å². The third-order valence-corrected chi connectivity index (χ3v) is 3.62. The molecule has 11 heavy (non-hydrogen) atoms. The van der Waals surface area contributed by atoms with Crippen LogP contribution >= 0.6 is 0 Å². The minimum Gasteiger partial charge on any atom is -0.0654 e. The van der Waals surface area contributed by atoms with Crippen LogP contribution in [0.1, 0.15) is 47.5 Å². The van der Waals surface area contributed by atoms with Crippen molar-refractivity contribution in [3.8, 4) is 0 Å². The molecule has 0 radical (unpaired) electrons. The minimum atomic E-state index is 0.605. The molecule has 1 fully saturated rings. The molecule has 1 rings (SSSR count). The SMILES string of the molecule is CCCC(C)(C)C1C(C)C1C. The van der Waals surface area contributed by atoms with E-state index in [1.165, 1.54) is 12.8 Å². The summed E-state index contributed by atoms with van der Waals surface area (Å²) in [7, 11) is 0. The van der Waals surface area contributed by atoms with E-state index >= 15 is 0 Å². The lowest BCUT2D eigenvalue weighted by molar-refractivity contribution is 0.259. The third-order valence-electron chi connectivity index (χ3n) is 3.62. The van der Waals surface area contributed by atoms with Crippen molar-refractivity contribution in [1.82, 2.24) is 0 Å². The van der Waals surface area contributed by atoms with E-state index in [-0.39, 0.29) is 0 Å². The second kappa shape index (κ2) is 2.80. The maximum atomic E-state index is 2.43. The van der Waals surface area contributed by atoms with E-state index in [0.29, 0.717) is 5.41 Å². The van der Waals surface area contributed by atoms with Gasteiger partial charge in [0.15, 0.2) is 0 Å². The van der Waals surface area contributed by atoms with Gasteiger partial charge in [-0.2, -0.15) is 0 Å². The Hall–Kier alpha value is 0. The van der Waals surface area contributed by atoms with Crippen molar-refractivity contribution in [1.29, 1.82) is 0 Å². The standard InChI is InChI=1S/C11H22/c1-6-7-11(4,5)10-8(2)9(10)3/h8-10H,6-7H2,1-5H3. The summed E-state index contributed by atoms with van der Waals surface area (Å²) in [6.45, 7) is 11.9. The van der Waals surface area contributed by atoms with Crippen LogP contribution in [0.3, 0.4) is 0 Å². The highest BCUT2D eigenvalue weighted by molar-refractivity contribution is 4.99. The summed E-state index contributed by atoms with van der Waals surface area (Å²) in [6.07, 6.45) is 2.73. The zero-order valence-corrected chi connectivity index (χ0v) is 8.65. The molecule has 0 saturated heterocycles. The van der Waals surface area contributed by atoms with Crippen molar-refractivity contribution < 1.29 is 0 Å². The van der Waals surface area contributed by atoms with Gasteiger partial charge in [-0.25, -0.2) is 0 Å². The van der Waals surface area contributed by atoms with Gasteiger partial charge in [-0.05, 0) is 29.6 Å². The predicted octanol–water partition coefficient (Wildman–Crippen LogP) is 3.71. The Morgan fingerprint density at radius 1 is 1.09 bits per heavy atom. The molecule has 0 amide bonds. The van der Waals surface area contributed by atoms with E-state index in [2.05, 4.69) is 34.6 Å². The van der Waals surface area contributed by atoms with E-state index < -0.39 is 0 Å². The van der Waals surface area contributed by atoms with Crippen molar-refractivity contribution in [3.05, 3.63) is 0 Å². The van der Waals surface area contributed by atoms with E-state index in [1.807, 2.05) is 0 Å². The topological polar surface area (TPSA) is 0 Å². The first kappa shape index (κ1) is 9.09. The minimum absolute atomic E-state index is 0.605. The zero-order chi connectivity index (χ0) is 8.65. The van der Waals surface area contributed by atoms with E-state index in [1.54, 1.807) is 0 Å². The predicted molar refractivity (Wildman–Crippen MR) is 50.5 cm³/mol. The molecular formula is C11H22. The van der Waals surface area contributed by atoms with Crippen LogP contribution < -0.4 is 0 Å². The lowest BCUT2D eigenvalue weighted by Crippen LogP contribution is -2.15. The molecule has 0 N–H and O–H groups in total. The highest BCUT2D eigenvalue weighted by atomic mass is 14.6. The molecule has 0 aromatic rings. The van der Waals surface area contributed by atoms with Gasteiger partial charge in [-0.1, -0.05) is 41.0 Å². The fraction of sp³-hybridized carbons (Fsp3) is 1.00. The number of hydrogen-bond donors (Lipinski definition) is 0. The molecule has 1 saturated carbocycles. The van der Waals surface area contributed by atoms with Crippen LogP contribution in [0.25, 0.3) is 0 Å². The molecule has 0 heteroatoms. The van der Waals surface area contributed by atoms with Crippen LogP contribution in [0.4, 0.5) is 0 Å². The fourth-order valence-corrected chi connectivity index (χ4v) is 2.90. The lowest BCUT2D eigenvalue weighted by Gasteiger charge is -2.24. The second-order valence-electron chi connectivity index (χ2n) is 4.98. The van der Waals surface area contributed by atoms with Crippen LogP contribution in [0.5, 0.6) is 0 Å². The molecule has 0 aromatic carbocycles. The van der Waals surface area contributed by atoms with Gasteiger partial charge in [-0.3, -0.25) is 0 Å². The Kier molecular flexibility index (Phi) is 2.32. The van der Waals surface area contributed by atoms with Crippen molar-refractivity contribution in [2.24, 2.45) is 23.2 Å². The normalized spacial score (nSPS) is 37.4. The maximum Gasteiger partial charge on any atom is -0.0306 e. The Morgan fingerprint density at radius 3 is 1.82 bits per heavy atom. The van der Waals surface area contributed by atoms with Crippen LogP contribution in [0.15, 0.2) is 0 Å². The van der Waals surface area contributed by atoms with Crippen LogP contribution in [0, 0.1) is 23.2 Å². The summed E-state index contributed by atoms with van der Waals surface area (Å²) >= 11 is 0. The van der Waals surface area contributed by atoms with Crippen LogP contribution in [-0.2, 0) is 0 Å². The summed E-state index contributed by atoms with van der Waals surface area (Å²) in [5, 5.41) is 0. The monoisotopic (exact) mass is 154 g/mol. The Labute approximate surface area is 71.4 Å². The molecule has 1 aliphatic carbocycles. The average Bonchev–Trinajstić information content (AvgIpc) is 2.41. The van der Waals surface area contributed by atoms with Gasteiger partial charge >= 0.3 is 0 Å². The molecule has 0 nitrogen and oxygen atoms in total. The second-order valence-corrected chi connectivity index (χ2v) is 4.98. The molecule has 0 heterocycles. The van der Waals surface area contributed by atoms with Crippen LogP contribution in [0.2, 0.25) is 0 Å². The molecule has 1 aliphatic rings. The largest absolute Gasteiger partial charge is 0.0654 e. The molecular weight excluding hydrogens is 132 g/mol. The summed E-state index contributed by atoms with van der Waals surface area (Å²) in [6, 6.07) is 0. The van der Waals surface area contributed by atoms with Gasteiger partial charge in [0.1, 0.15) is 0 Å². The van der Waals surface area contributed by atoms with Gasteiger partial charge in [0.2, 0.25) is 0 Å². The summed E-state index contributed by atoms with van der Waals surface area (Å²) in [5.74, 6) is 2.97. The van der Waals surface area contributed by atoms with Crippen molar-refractivity contribution in [2.75, 3.05) is 0 Å². The van der Waals surface area contributed by atoms with Crippen molar-refractivity contribution in [2.45, 2.75) is 47.5 Å². The molecule has 0 aliphatic heterocycles. The van der Waals surface area contributed by atoms with Crippen LogP contribution in [-0.4, -0.2) is 0 Å². The Bertz CT molecular complexity index is 127. The van der Waals surface area contributed by atoms with Gasteiger partial charge in [0.05, 0.1) is 0 Å². The fourth-order valence-electron chi connectivity index (χ4n) is 2.90.